The van der Waals surface area contributed by atoms with Crippen molar-refractivity contribution in [3.63, 3.8) is 0 Å². The molecule has 0 bridgehead atoms. The van der Waals surface area contributed by atoms with E-state index < -0.39 is 47.0 Å². The van der Waals surface area contributed by atoms with Gasteiger partial charge in [-0.1, -0.05) is 27.7 Å². The second kappa shape index (κ2) is 12.2. The van der Waals surface area contributed by atoms with E-state index in [0.717, 1.165) is 0 Å². The first-order valence-corrected chi connectivity index (χ1v) is 12.0. The van der Waals surface area contributed by atoms with Crippen LogP contribution in [0.4, 0.5) is 0 Å². The van der Waals surface area contributed by atoms with Crippen molar-refractivity contribution in [1.82, 2.24) is 20.6 Å². The standard InChI is InChI=1S/C25H42N4O6/c1-14(2)11-16(22(32)34-24(5,6)7)28-20(30)18-19(27-13-26-18)21(31)29-17(12-15(3)4)23(33)35-25(8,9)10/h13-17H,11-12H2,1-10H3,(H,26,27)(H,28,30)(H,29,31)/t16-,17-/m0/s1. The van der Waals surface area contributed by atoms with Gasteiger partial charge in [-0.2, -0.15) is 0 Å². The first-order chi connectivity index (χ1) is 15.9. The molecule has 0 radical (unpaired) electrons. The van der Waals surface area contributed by atoms with Crippen LogP contribution in [0.25, 0.3) is 0 Å². The molecule has 1 rings (SSSR count). The molecule has 2 atom stereocenters. The lowest BCUT2D eigenvalue weighted by Gasteiger charge is -2.26. The number of carbonyl (C=O) groups is 4. The number of esters is 2. The summed E-state index contributed by atoms with van der Waals surface area (Å²) < 4.78 is 10.9. The number of imidazole rings is 1. The first kappa shape index (κ1) is 30.1. The van der Waals surface area contributed by atoms with E-state index >= 15 is 0 Å². The van der Waals surface area contributed by atoms with E-state index in [9.17, 15) is 19.2 Å². The third kappa shape index (κ3) is 10.9. The van der Waals surface area contributed by atoms with E-state index in [1.807, 2.05) is 27.7 Å². The molecule has 0 aliphatic heterocycles. The Bertz CT molecular complexity index is 822. The van der Waals surface area contributed by atoms with Crippen LogP contribution in [0.3, 0.4) is 0 Å². The number of hydrogen-bond donors (Lipinski definition) is 3. The third-order valence-corrected chi connectivity index (χ3v) is 4.49. The van der Waals surface area contributed by atoms with E-state index in [4.69, 9.17) is 9.47 Å². The Balaban J connectivity index is 3.08. The SMILES string of the molecule is CC(C)C[C@H](NC(=O)c1nc[nH]c1C(=O)N[C@@H](CC(C)C)C(=O)OC(C)(C)C)C(=O)OC(C)(C)C. The van der Waals surface area contributed by atoms with Gasteiger partial charge in [0.15, 0.2) is 5.69 Å². The minimum Gasteiger partial charge on any atom is -0.458 e. The van der Waals surface area contributed by atoms with E-state index in [1.165, 1.54) is 6.33 Å². The molecule has 10 heteroatoms. The minimum atomic E-state index is -0.912. The number of hydrogen-bond acceptors (Lipinski definition) is 7. The number of ether oxygens (including phenoxy) is 2. The van der Waals surface area contributed by atoms with Crippen LogP contribution in [-0.2, 0) is 19.1 Å². The summed E-state index contributed by atoms with van der Waals surface area (Å²) in [7, 11) is 0. The van der Waals surface area contributed by atoms with Crippen molar-refractivity contribution in [3.05, 3.63) is 17.7 Å². The lowest BCUT2D eigenvalue weighted by atomic mass is 10.0. The number of H-pyrrole nitrogens is 1. The fourth-order valence-corrected chi connectivity index (χ4v) is 3.21. The van der Waals surface area contributed by atoms with Crippen LogP contribution in [0.2, 0.25) is 0 Å². The van der Waals surface area contributed by atoms with Crippen molar-refractivity contribution in [1.29, 1.82) is 0 Å². The highest BCUT2D eigenvalue weighted by atomic mass is 16.6. The zero-order valence-corrected chi connectivity index (χ0v) is 22.7. The molecule has 0 saturated carbocycles. The Morgan fingerprint density at radius 1 is 0.800 bits per heavy atom. The second-order valence-electron chi connectivity index (χ2n) is 11.5. The fourth-order valence-electron chi connectivity index (χ4n) is 3.21. The zero-order valence-electron chi connectivity index (χ0n) is 22.7. The van der Waals surface area contributed by atoms with Crippen molar-refractivity contribution < 1.29 is 28.7 Å². The molecule has 35 heavy (non-hydrogen) atoms. The smallest absolute Gasteiger partial charge is 0.329 e. The summed E-state index contributed by atoms with van der Waals surface area (Å²) >= 11 is 0. The van der Waals surface area contributed by atoms with Gasteiger partial charge in [0.1, 0.15) is 29.0 Å². The Hall–Kier alpha value is -2.91. The van der Waals surface area contributed by atoms with Crippen LogP contribution in [0.15, 0.2) is 6.33 Å². The van der Waals surface area contributed by atoms with E-state index in [1.54, 1.807) is 41.5 Å². The molecule has 1 heterocycles. The van der Waals surface area contributed by atoms with Gasteiger partial charge in [-0.05, 0) is 66.2 Å². The Kier molecular flexibility index (Phi) is 10.5. The van der Waals surface area contributed by atoms with Crippen molar-refractivity contribution >= 4 is 23.8 Å². The van der Waals surface area contributed by atoms with Gasteiger partial charge >= 0.3 is 11.9 Å². The number of amides is 2. The predicted octanol–water partition coefficient (Wildman–Crippen LogP) is 3.38. The number of nitrogens with one attached hydrogen (secondary N) is 3. The molecule has 3 N–H and O–H groups in total. The maximum absolute atomic E-state index is 13.0. The molecule has 198 valence electrons. The summed E-state index contributed by atoms with van der Waals surface area (Å²) in [5.41, 5.74) is -1.75. The van der Waals surface area contributed by atoms with Crippen LogP contribution >= 0.6 is 0 Å². The Morgan fingerprint density at radius 2 is 1.20 bits per heavy atom. The maximum atomic E-state index is 13.0. The molecule has 10 nitrogen and oxygen atoms in total. The second-order valence-corrected chi connectivity index (χ2v) is 11.5. The number of carbonyl (C=O) groups excluding carboxylic acids is 4. The lowest BCUT2D eigenvalue weighted by molar-refractivity contribution is -0.158. The highest BCUT2D eigenvalue weighted by Crippen LogP contribution is 2.16. The molecular weight excluding hydrogens is 452 g/mol. The predicted molar refractivity (Wildman–Crippen MR) is 132 cm³/mol. The normalized spacial score (nSPS) is 13.8. The van der Waals surface area contributed by atoms with Gasteiger partial charge in [-0.3, -0.25) is 9.59 Å². The van der Waals surface area contributed by atoms with Crippen LogP contribution < -0.4 is 10.6 Å². The van der Waals surface area contributed by atoms with Crippen molar-refractivity contribution in [2.45, 2.75) is 105 Å². The number of nitrogens with zero attached hydrogens (tertiary/aromatic N) is 1. The van der Waals surface area contributed by atoms with Crippen molar-refractivity contribution in [3.8, 4) is 0 Å². The largest absolute Gasteiger partial charge is 0.458 e. The van der Waals surface area contributed by atoms with Crippen molar-refractivity contribution in [2.24, 2.45) is 11.8 Å². The monoisotopic (exact) mass is 494 g/mol. The summed E-state index contributed by atoms with van der Waals surface area (Å²) in [5.74, 6) is -2.31. The molecule has 0 aliphatic carbocycles. The summed E-state index contributed by atoms with van der Waals surface area (Å²) in [6, 6.07) is -1.82. The summed E-state index contributed by atoms with van der Waals surface area (Å²) in [5, 5.41) is 5.29. The highest BCUT2D eigenvalue weighted by Gasteiger charge is 2.32. The van der Waals surface area contributed by atoms with E-state index in [-0.39, 0.29) is 23.2 Å². The molecule has 1 aromatic heterocycles. The Labute approximate surface area is 208 Å². The molecular formula is C25H42N4O6. The summed E-state index contributed by atoms with van der Waals surface area (Å²) in [6.45, 7) is 18.1. The van der Waals surface area contributed by atoms with Gasteiger partial charge < -0.3 is 25.1 Å². The summed E-state index contributed by atoms with van der Waals surface area (Å²) in [6.07, 6.45) is 1.91. The van der Waals surface area contributed by atoms with Crippen LogP contribution in [0.1, 0.15) is 103 Å². The molecule has 0 unspecified atom stereocenters. The topological polar surface area (TPSA) is 139 Å². The van der Waals surface area contributed by atoms with Crippen LogP contribution in [0, 0.1) is 11.8 Å². The quantitative estimate of drug-likeness (QED) is 0.424. The molecule has 0 fully saturated rings. The molecule has 0 spiro atoms. The van der Waals surface area contributed by atoms with Crippen LogP contribution in [0.5, 0.6) is 0 Å². The average molecular weight is 495 g/mol. The fraction of sp³-hybridized carbons (Fsp3) is 0.720. The highest BCUT2D eigenvalue weighted by molar-refractivity contribution is 6.06. The summed E-state index contributed by atoms with van der Waals surface area (Å²) in [4.78, 5) is 58.0. The number of aromatic nitrogens is 2. The van der Waals surface area contributed by atoms with Gasteiger partial charge in [0.25, 0.3) is 11.8 Å². The Morgan fingerprint density at radius 3 is 1.57 bits per heavy atom. The molecule has 0 aliphatic rings. The molecule has 1 aromatic rings. The van der Waals surface area contributed by atoms with Gasteiger partial charge in [-0.25, -0.2) is 14.6 Å². The van der Waals surface area contributed by atoms with E-state index in [0.29, 0.717) is 12.8 Å². The van der Waals surface area contributed by atoms with Gasteiger partial charge in [0, 0.05) is 0 Å². The van der Waals surface area contributed by atoms with Gasteiger partial charge in [-0.15, -0.1) is 0 Å². The average Bonchev–Trinajstić information content (AvgIpc) is 3.13. The van der Waals surface area contributed by atoms with Gasteiger partial charge in [0.2, 0.25) is 0 Å². The van der Waals surface area contributed by atoms with Gasteiger partial charge in [0.05, 0.1) is 6.33 Å². The maximum Gasteiger partial charge on any atom is 0.329 e. The molecule has 0 aromatic carbocycles. The van der Waals surface area contributed by atoms with Crippen molar-refractivity contribution in [2.75, 3.05) is 0 Å². The minimum absolute atomic E-state index is 0.0976. The first-order valence-electron chi connectivity index (χ1n) is 12.0. The third-order valence-electron chi connectivity index (χ3n) is 4.49. The zero-order chi connectivity index (χ0) is 27.1. The van der Waals surface area contributed by atoms with Crippen LogP contribution in [-0.4, -0.2) is 57.0 Å². The number of rotatable bonds is 10. The molecule has 0 saturated heterocycles. The number of aromatic amines is 1. The van der Waals surface area contributed by atoms with E-state index in [2.05, 4.69) is 20.6 Å². The molecule has 2 amide bonds. The lowest BCUT2D eigenvalue weighted by Crippen LogP contribution is -2.47.